The van der Waals surface area contributed by atoms with Crippen LogP contribution in [0, 0.1) is 12.8 Å². The van der Waals surface area contributed by atoms with Crippen LogP contribution in [-0.2, 0) is 17.9 Å². The van der Waals surface area contributed by atoms with Crippen molar-refractivity contribution >= 4 is 5.91 Å². The van der Waals surface area contributed by atoms with Gasteiger partial charge in [0.15, 0.2) is 0 Å². The molecule has 1 fully saturated rings. The Bertz CT molecular complexity index is 652. The van der Waals surface area contributed by atoms with Gasteiger partial charge in [-0.05, 0) is 44.4 Å². The van der Waals surface area contributed by atoms with Crippen molar-refractivity contribution < 1.29 is 9.21 Å². The molecule has 1 aliphatic rings. The van der Waals surface area contributed by atoms with Crippen LogP contribution in [0.25, 0.3) is 0 Å². The van der Waals surface area contributed by atoms with E-state index in [1.165, 1.54) is 6.42 Å². The average molecular weight is 331 g/mol. The van der Waals surface area contributed by atoms with E-state index in [-0.39, 0.29) is 5.91 Å². The number of piperidine rings is 1. The average Bonchev–Trinajstić information content (AvgIpc) is 3.19. The highest BCUT2D eigenvalue weighted by atomic mass is 16.3. The highest BCUT2D eigenvalue weighted by Crippen LogP contribution is 2.18. The Balaban J connectivity index is 1.48. The number of furan rings is 1. The van der Waals surface area contributed by atoms with Gasteiger partial charge in [-0.2, -0.15) is 5.10 Å². The van der Waals surface area contributed by atoms with Gasteiger partial charge in [-0.1, -0.05) is 0 Å². The number of hydrogen-bond donors (Lipinski definition) is 0. The molecule has 0 bridgehead atoms. The molecular formula is C17H25N5O2. The molecule has 0 saturated carbocycles. The third-order valence-corrected chi connectivity index (χ3v) is 4.49. The number of nitrogens with zero attached hydrogens (tertiary/aromatic N) is 5. The van der Waals surface area contributed by atoms with Gasteiger partial charge in [0.25, 0.3) is 0 Å². The minimum absolute atomic E-state index is 0.130. The first-order valence-electron chi connectivity index (χ1n) is 8.44. The molecule has 0 N–H and O–H groups in total. The summed E-state index contributed by atoms with van der Waals surface area (Å²) in [6, 6.07) is 3.85. The van der Waals surface area contributed by atoms with Crippen molar-refractivity contribution in [1.29, 1.82) is 0 Å². The number of rotatable bonds is 6. The molecule has 2 aromatic rings. The molecular weight excluding hydrogens is 306 g/mol. The lowest BCUT2D eigenvalue weighted by Gasteiger charge is -2.33. The minimum Gasteiger partial charge on any atom is -0.464 e. The molecule has 1 amide bonds. The molecule has 1 atom stereocenters. The molecule has 7 nitrogen and oxygen atoms in total. The van der Waals surface area contributed by atoms with E-state index in [0.717, 1.165) is 37.6 Å². The number of carbonyl (C=O) groups excluding carboxylic acids is 1. The smallest absolute Gasteiger partial charge is 0.236 e. The molecule has 130 valence electrons. The van der Waals surface area contributed by atoms with Gasteiger partial charge in [0.05, 0.1) is 13.1 Å². The molecule has 0 aromatic carbocycles. The van der Waals surface area contributed by atoms with Crippen molar-refractivity contribution in [3.8, 4) is 0 Å². The van der Waals surface area contributed by atoms with Crippen molar-refractivity contribution in [2.24, 2.45) is 5.92 Å². The van der Waals surface area contributed by atoms with Gasteiger partial charge in [0.2, 0.25) is 5.91 Å². The minimum atomic E-state index is 0.130. The monoisotopic (exact) mass is 331 g/mol. The topological polar surface area (TPSA) is 67.4 Å². The molecule has 1 saturated heterocycles. The summed E-state index contributed by atoms with van der Waals surface area (Å²) in [5.41, 5.74) is 0. The van der Waals surface area contributed by atoms with Crippen LogP contribution in [0.2, 0.25) is 0 Å². The first-order valence-corrected chi connectivity index (χ1v) is 8.44. The lowest BCUT2D eigenvalue weighted by molar-refractivity contribution is -0.132. The largest absolute Gasteiger partial charge is 0.464 e. The second-order valence-corrected chi connectivity index (χ2v) is 6.62. The van der Waals surface area contributed by atoms with E-state index >= 15 is 0 Å². The summed E-state index contributed by atoms with van der Waals surface area (Å²) < 4.78 is 7.42. The zero-order valence-electron chi connectivity index (χ0n) is 14.4. The lowest BCUT2D eigenvalue weighted by Crippen LogP contribution is -2.43. The maximum absolute atomic E-state index is 12.5. The number of likely N-dealkylation sites (tertiary alicyclic amines) is 1. The Morgan fingerprint density at radius 2 is 2.33 bits per heavy atom. The highest BCUT2D eigenvalue weighted by molar-refractivity contribution is 5.77. The van der Waals surface area contributed by atoms with Crippen molar-refractivity contribution in [2.75, 3.05) is 26.7 Å². The summed E-state index contributed by atoms with van der Waals surface area (Å²) in [4.78, 5) is 20.4. The Labute approximate surface area is 142 Å². The number of hydrogen-bond acceptors (Lipinski definition) is 5. The molecule has 0 radical (unpaired) electrons. The maximum Gasteiger partial charge on any atom is 0.236 e. The van der Waals surface area contributed by atoms with Crippen LogP contribution < -0.4 is 0 Å². The molecule has 24 heavy (non-hydrogen) atoms. The van der Waals surface area contributed by atoms with Crippen molar-refractivity contribution in [2.45, 2.75) is 32.9 Å². The number of amides is 1. The second kappa shape index (κ2) is 7.61. The summed E-state index contributed by atoms with van der Waals surface area (Å²) in [6.45, 7) is 5.67. The number of likely N-dealkylation sites (N-methyl/N-ethyl adjacent to an activating group) is 1. The normalized spacial score (nSPS) is 18.7. The Hall–Kier alpha value is -2.15. The van der Waals surface area contributed by atoms with Gasteiger partial charge < -0.3 is 9.32 Å². The second-order valence-electron chi connectivity index (χ2n) is 6.62. The summed E-state index contributed by atoms with van der Waals surface area (Å²) in [6.07, 6.45) is 5.61. The molecule has 0 aliphatic carbocycles. The van der Waals surface area contributed by atoms with Gasteiger partial charge in [-0.3, -0.25) is 14.4 Å². The quantitative estimate of drug-likeness (QED) is 0.803. The molecule has 1 aliphatic heterocycles. The van der Waals surface area contributed by atoms with E-state index in [1.54, 1.807) is 17.6 Å². The van der Waals surface area contributed by atoms with Gasteiger partial charge in [-0.15, -0.1) is 0 Å². The highest BCUT2D eigenvalue weighted by Gasteiger charge is 2.23. The van der Waals surface area contributed by atoms with Gasteiger partial charge in [-0.25, -0.2) is 4.98 Å². The zero-order valence-corrected chi connectivity index (χ0v) is 14.4. The third kappa shape index (κ3) is 4.44. The number of aromatic nitrogens is 3. The number of aryl methyl sites for hydroxylation is 1. The fourth-order valence-corrected chi connectivity index (χ4v) is 3.24. The van der Waals surface area contributed by atoms with E-state index in [1.807, 2.05) is 30.8 Å². The van der Waals surface area contributed by atoms with Crippen LogP contribution in [0.1, 0.15) is 24.4 Å². The van der Waals surface area contributed by atoms with Crippen molar-refractivity contribution in [3.05, 3.63) is 36.3 Å². The zero-order chi connectivity index (χ0) is 16.9. The van der Waals surface area contributed by atoms with Crippen molar-refractivity contribution in [1.82, 2.24) is 24.6 Å². The fourth-order valence-electron chi connectivity index (χ4n) is 3.24. The maximum atomic E-state index is 12.5. The summed E-state index contributed by atoms with van der Waals surface area (Å²) in [7, 11) is 1.83. The van der Waals surface area contributed by atoms with Crippen molar-refractivity contribution in [3.63, 3.8) is 0 Å². The van der Waals surface area contributed by atoms with Crippen LogP contribution in [-0.4, -0.2) is 57.2 Å². The first kappa shape index (κ1) is 16.7. The van der Waals surface area contributed by atoms with Crippen LogP contribution in [0.15, 0.2) is 29.2 Å². The SMILES string of the molecule is Cc1ccc(CN(C)C(=O)CN2CCC[C@@H](Cn3cncn3)C2)o1. The van der Waals surface area contributed by atoms with Gasteiger partial charge >= 0.3 is 0 Å². The van der Waals surface area contributed by atoms with Gasteiger partial charge in [0.1, 0.15) is 24.2 Å². The van der Waals surface area contributed by atoms with E-state index in [9.17, 15) is 4.79 Å². The Morgan fingerprint density at radius 1 is 1.46 bits per heavy atom. The predicted molar refractivity (Wildman–Crippen MR) is 89.1 cm³/mol. The fraction of sp³-hybridized carbons (Fsp3) is 0.588. The first-order chi connectivity index (χ1) is 11.6. The van der Waals surface area contributed by atoms with Crippen LogP contribution in [0.3, 0.4) is 0 Å². The van der Waals surface area contributed by atoms with E-state index in [4.69, 9.17) is 4.42 Å². The van der Waals surface area contributed by atoms with E-state index in [2.05, 4.69) is 15.0 Å². The predicted octanol–water partition coefficient (Wildman–Crippen LogP) is 1.55. The third-order valence-electron chi connectivity index (χ3n) is 4.49. The van der Waals surface area contributed by atoms with Crippen LogP contribution in [0.4, 0.5) is 0 Å². The van der Waals surface area contributed by atoms with E-state index < -0.39 is 0 Å². The van der Waals surface area contributed by atoms with Crippen LogP contribution >= 0.6 is 0 Å². The lowest BCUT2D eigenvalue weighted by atomic mass is 9.98. The summed E-state index contributed by atoms with van der Waals surface area (Å²) >= 11 is 0. The standard InChI is InChI=1S/C17H25N5O2/c1-14-5-6-16(24-14)10-20(2)17(23)11-21-7-3-4-15(8-21)9-22-13-18-12-19-22/h5-6,12-13,15H,3-4,7-11H2,1-2H3/t15-/m1/s1. The summed E-state index contributed by atoms with van der Waals surface area (Å²) in [5.74, 6) is 2.35. The Morgan fingerprint density at radius 3 is 3.04 bits per heavy atom. The number of carbonyl (C=O) groups is 1. The van der Waals surface area contributed by atoms with Gasteiger partial charge in [0, 0.05) is 20.1 Å². The molecule has 3 heterocycles. The molecule has 7 heteroatoms. The van der Waals surface area contributed by atoms with E-state index in [0.29, 0.717) is 19.0 Å². The summed E-state index contributed by atoms with van der Waals surface area (Å²) in [5, 5.41) is 4.17. The molecule has 2 aromatic heterocycles. The van der Waals surface area contributed by atoms with Crippen LogP contribution in [0.5, 0.6) is 0 Å². The Kier molecular flexibility index (Phi) is 5.30. The molecule has 0 unspecified atom stereocenters. The molecule has 0 spiro atoms. The molecule has 3 rings (SSSR count).